The molecule has 1 nitrogen and oxygen atoms in total. The van der Waals surface area contributed by atoms with Gasteiger partial charge in [-0.05, 0) is 12.3 Å². The standard InChI is InChI=1S/C7H13BrO/c1-5(9)6(8)7(2,3)4/h6H,1-4H3. The van der Waals surface area contributed by atoms with Gasteiger partial charge in [-0.2, -0.15) is 0 Å². The predicted octanol–water partition coefficient (Wildman–Crippen LogP) is 2.39. The van der Waals surface area contributed by atoms with E-state index in [2.05, 4.69) is 15.9 Å². The zero-order chi connectivity index (χ0) is 7.65. The van der Waals surface area contributed by atoms with Gasteiger partial charge in [-0.3, -0.25) is 4.79 Å². The molecule has 0 N–H and O–H groups in total. The fraction of sp³-hybridized carbons (Fsp3) is 0.857. The summed E-state index contributed by atoms with van der Waals surface area (Å²) in [5.74, 6) is 0.197. The van der Waals surface area contributed by atoms with Gasteiger partial charge < -0.3 is 0 Å². The van der Waals surface area contributed by atoms with Crippen LogP contribution in [0.4, 0.5) is 0 Å². The quantitative estimate of drug-likeness (QED) is 0.584. The number of ketones is 1. The van der Waals surface area contributed by atoms with Gasteiger partial charge in [0.15, 0.2) is 0 Å². The zero-order valence-electron chi connectivity index (χ0n) is 6.36. The van der Waals surface area contributed by atoms with Gasteiger partial charge in [-0.15, -0.1) is 0 Å². The molecule has 0 amide bonds. The van der Waals surface area contributed by atoms with Crippen molar-refractivity contribution in [3.63, 3.8) is 0 Å². The Balaban J connectivity index is 4.04. The van der Waals surface area contributed by atoms with Crippen molar-refractivity contribution in [3.8, 4) is 0 Å². The molecule has 54 valence electrons. The summed E-state index contributed by atoms with van der Waals surface area (Å²) < 4.78 is 0. The Morgan fingerprint density at radius 2 is 1.78 bits per heavy atom. The lowest BCUT2D eigenvalue weighted by atomic mass is 9.90. The fourth-order valence-corrected chi connectivity index (χ4v) is 0.610. The summed E-state index contributed by atoms with van der Waals surface area (Å²) in [7, 11) is 0. The molecule has 0 aromatic rings. The third-order valence-corrected chi connectivity index (χ3v) is 3.14. The van der Waals surface area contributed by atoms with Crippen molar-refractivity contribution in [2.24, 2.45) is 5.41 Å². The normalized spacial score (nSPS) is 15.2. The Hall–Kier alpha value is 0.150. The molecule has 0 aromatic carbocycles. The van der Waals surface area contributed by atoms with Crippen LogP contribution in [-0.2, 0) is 4.79 Å². The molecule has 1 unspecified atom stereocenters. The molecule has 0 saturated heterocycles. The number of halogens is 1. The maximum atomic E-state index is 10.7. The highest BCUT2D eigenvalue weighted by Gasteiger charge is 2.25. The average Bonchev–Trinajstić information content (AvgIpc) is 1.62. The number of hydrogen-bond donors (Lipinski definition) is 0. The summed E-state index contributed by atoms with van der Waals surface area (Å²) in [5, 5.41) is 0. The van der Waals surface area contributed by atoms with Crippen molar-refractivity contribution >= 4 is 21.7 Å². The monoisotopic (exact) mass is 192 g/mol. The highest BCUT2D eigenvalue weighted by atomic mass is 79.9. The van der Waals surface area contributed by atoms with Crippen molar-refractivity contribution in [1.29, 1.82) is 0 Å². The Bertz CT molecular complexity index is 113. The number of Topliss-reactive ketones (excluding diaryl/α,β-unsaturated/α-hetero) is 1. The smallest absolute Gasteiger partial charge is 0.143 e. The first-order valence-electron chi connectivity index (χ1n) is 3.00. The summed E-state index contributed by atoms with van der Waals surface area (Å²) in [6, 6.07) is 0. The van der Waals surface area contributed by atoms with Gasteiger partial charge in [0.1, 0.15) is 5.78 Å². The maximum Gasteiger partial charge on any atom is 0.143 e. The maximum absolute atomic E-state index is 10.7. The Morgan fingerprint density at radius 1 is 1.44 bits per heavy atom. The fourth-order valence-electron chi connectivity index (χ4n) is 0.610. The number of rotatable bonds is 1. The van der Waals surface area contributed by atoms with Crippen molar-refractivity contribution in [2.75, 3.05) is 0 Å². The highest BCUT2D eigenvalue weighted by Crippen LogP contribution is 2.26. The van der Waals surface area contributed by atoms with Crippen molar-refractivity contribution < 1.29 is 4.79 Å². The number of carbonyl (C=O) groups excluding carboxylic acids is 1. The first-order chi connectivity index (χ1) is 3.85. The molecule has 0 bridgehead atoms. The third kappa shape index (κ3) is 2.99. The lowest BCUT2D eigenvalue weighted by Crippen LogP contribution is -2.26. The molecule has 0 aliphatic rings. The van der Waals surface area contributed by atoms with E-state index >= 15 is 0 Å². The molecule has 0 heterocycles. The third-order valence-electron chi connectivity index (χ3n) is 1.12. The van der Waals surface area contributed by atoms with E-state index in [0.29, 0.717) is 0 Å². The Kier molecular flexibility index (Phi) is 2.87. The van der Waals surface area contributed by atoms with Crippen LogP contribution >= 0.6 is 15.9 Å². The van der Waals surface area contributed by atoms with Crippen molar-refractivity contribution in [3.05, 3.63) is 0 Å². The van der Waals surface area contributed by atoms with Crippen LogP contribution in [0.3, 0.4) is 0 Å². The van der Waals surface area contributed by atoms with Gasteiger partial charge in [0, 0.05) is 0 Å². The van der Waals surface area contributed by atoms with Crippen LogP contribution < -0.4 is 0 Å². The Labute approximate surface area is 65.0 Å². The second kappa shape index (κ2) is 2.82. The molecule has 0 spiro atoms. The van der Waals surface area contributed by atoms with Gasteiger partial charge in [0.05, 0.1) is 4.83 Å². The van der Waals surface area contributed by atoms with E-state index in [1.54, 1.807) is 6.92 Å². The molecule has 0 aliphatic heterocycles. The van der Waals surface area contributed by atoms with Gasteiger partial charge in [-0.1, -0.05) is 36.7 Å². The SMILES string of the molecule is CC(=O)C(Br)C(C)(C)C. The van der Waals surface area contributed by atoms with Crippen LogP contribution in [0.1, 0.15) is 27.7 Å². The second-order valence-electron chi connectivity index (χ2n) is 3.34. The second-order valence-corrected chi connectivity index (χ2v) is 4.25. The van der Waals surface area contributed by atoms with Crippen LogP contribution in [0.15, 0.2) is 0 Å². The molecular weight excluding hydrogens is 180 g/mol. The van der Waals surface area contributed by atoms with E-state index in [4.69, 9.17) is 0 Å². The first kappa shape index (κ1) is 9.15. The minimum atomic E-state index is -0.00926. The van der Waals surface area contributed by atoms with Crippen LogP contribution in [-0.4, -0.2) is 10.6 Å². The molecule has 0 aliphatic carbocycles. The van der Waals surface area contributed by atoms with Gasteiger partial charge >= 0.3 is 0 Å². The molecule has 9 heavy (non-hydrogen) atoms. The predicted molar refractivity (Wildman–Crippen MR) is 42.9 cm³/mol. The van der Waals surface area contributed by atoms with Crippen LogP contribution in [0, 0.1) is 5.41 Å². The summed E-state index contributed by atoms with van der Waals surface area (Å²) in [5.41, 5.74) is 0.0475. The zero-order valence-corrected chi connectivity index (χ0v) is 7.95. The van der Waals surface area contributed by atoms with E-state index in [9.17, 15) is 4.79 Å². The van der Waals surface area contributed by atoms with Gasteiger partial charge in [0.25, 0.3) is 0 Å². The number of carbonyl (C=O) groups is 1. The van der Waals surface area contributed by atoms with Crippen LogP contribution in [0.5, 0.6) is 0 Å². The first-order valence-corrected chi connectivity index (χ1v) is 3.92. The lowest BCUT2D eigenvalue weighted by molar-refractivity contribution is -0.117. The van der Waals surface area contributed by atoms with E-state index in [1.165, 1.54) is 0 Å². The molecule has 0 fully saturated rings. The van der Waals surface area contributed by atoms with E-state index in [0.717, 1.165) is 0 Å². The summed E-state index contributed by atoms with van der Waals surface area (Å²) in [6.07, 6.45) is 0. The average molecular weight is 193 g/mol. The molecule has 0 saturated carbocycles. The minimum absolute atomic E-state index is 0.00926. The molecule has 0 rings (SSSR count). The van der Waals surface area contributed by atoms with Crippen LogP contribution in [0.2, 0.25) is 0 Å². The summed E-state index contributed by atoms with van der Waals surface area (Å²) in [4.78, 5) is 10.7. The Morgan fingerprint density at radius 3 is 1.78 bits per heavy atom. The lowest BCUT2D eigenvalue weighted by Gasteiger charge is -2.22. The van der Waals surface area contributed by atoms with Gasteiger partial charge in [0.2, 0.25) is 0 Å². The van der Waals surface area contributed by atoms with E-state index in [-0.39, 0.29) is 16.0 Å². The number of hydrogen-bond acceptors (Lipinski definition) is 1. The van der Waals surface area contributed by atoms with Crippen molar-refractivity contribution in [2.45, 2.75) is 32.5 Å². The number of alkyl halides is 1. The minimum Gasteiger partial charge on any atom is -0.299 e. The van der Waals surface area contributed by atoms with Crippen LogP contribution in [0.25, 0.3) is 0 Å². The molecule has 0 radical (unpaired) electrons. The molecule has 2 heteroatoms. The largest absolute Gasteiger partial charge is 0.299 e. The van der Waals surface area contributed by atoms with E-state index in [1.807, 2.05) is 20.8 Å². The molecule has 1 atom stereocenters. The highest BCUT2D eigenvalue weighted by molar-refractivity contribution is 9.10. The summed E-state index contributed by atoms with van der Waals surface area (Å²) in [6.45, 7) is 7.71. The molecular formula is C7H13BrO. The summed E-state index contributed by atoms with van der Waals surface area (Å²) >= 11 is 3.31. The molecule has 0 aromatic heterocycles. The van der Waals surface area contributed by atoms with Crippen molar-refractivity contribution in [1.82, 2.24) is 0 Å². The van der Waals surface area contributed by atoms with Gasteiger partial charge in [-0.25, -0.2) is 0 Å². The topological polar surface area (TPSA) is 17.1 Å². The van der Waals surface area contributed by atoms with E-state index < -0.39 is 0 Å².